The number of benzene rings is 1. The molecule has 0 bridgehead atoms. The smallest absolute Gasteiger partial charge is 0.251 e. The molecule has 0 amide bonds. The van der Waals surface area contributed by atoms with Crippen molar-refractivity contribution in [1.82, 2.24) is 9.55 Å². The van der Waals surface area contributed by atoms with Crippen molar-refractivity contribution in [2.45, 2.75) is 13.5 Å². The lowest BCUT2D eigenvalue weighted by molar-refractivity contribution is 0.395. The van der Waals surface area contributed by atoms with Crippen LogP contribution in [0.4, 0.5) is 0 Å². The highest BCUT2D eigenvalue weighted by atomic mass is 32.1. The largest absolute Gasteiger partial charge is 0.497 e. The molecule has 0 spiro atoms. The van der Waals surface area contributed by atoms with E-state index in [0.29, 0.717) is 12.3 Å². The van der Waals surface area contributed by atoms with Gasteiger partial charge in [0.25, 0.3) is 5.56 Å². The summed E-state index contributed by atoms with van der Waals surface area (Å²) >= 11 is 1.52. The minimum absolute atomic E-state index is 0.0196. The number of methoxy groups -OCH3 is 2. The van der Waals surface area contributed by atoms with Crippen molar-refractivity contribution in [3.05, 3.63) is 62.8 Å². The van der Waals surface area contributed by atoms with Gasteiger partial charge in [0.2, 0.25) is 0 Å². The maximum atomic E-state index is 12.0. The second-order valence-electron chi connectivity index (χ2n) is 5.36. The minimum Gasteiger partial charge on any atom is -0.497 e. The number of aromatic nitrogens is 2. The molecule has 2 aromatic heterocycles. The Hall–Kier alpha value is -2.60. The van der Waals surface area contributed by atoms with Gasteiger partial charge in [-0.2, -0.15) is 0 Å². The van der Waals surface area contributed by atoms with E-state index in [1.165, 1.54) is 11.3 Å². The van der Waals surface area contributed by atoms with Crippen LogP contribution in [0.2, 0.25) is 0 Å². The number of hydrogen-bond acceptors (Lipinski definition) is 5. The van der Waals surface area contributed by atoms with Crippen molar-refractivity contribution in [3.8, 4) is 22.8 Å². The summed E-state index contributed by atoms with van der Waals surface area (Å²) in [6.45, 7) is 2.37. The Morgan fingerprint density at radius 1 is 1.17 bits per heavy atom. The number of hydrogen-bond donors (Lipinski definition) is 0. The number of pyridine rings is 1. The topological polar surface area (TPSA) is 53.4 Å². The third-order valence-corrected chi connectivity index (χ3v) is 4.53. The van der Waals surface area contributed by atoms with Crippen molar-refractivity contribution in [3.63, 3.8) is 0 Å². The molecule has 1 aromatic carbocycles. The summed E-state index contributed by atoms with van der Waals surface area (Å²) in [6, 6.07) is 9.18. The average Bonchev–Trinajstić information content (AvgIpc) is 3.05. The standard InChI is InChI=1S/C18H18N2O3S/c1-12-6-7-20(18(21)8-12)10-17-19-15(11-24-17)14-5-4-13(22-2)9-16(14)23-3/h4-9,11H,10H2,1-3H3. The van der Waals surface area contributed by atoms with E-state index in [4.69, 9.17) is 9.47 Å². The van der Waals surface area contributed by atoms with Gasteiger partial charge in [0.15, 0.2) is 0 Å². The van der Waals surface area contributed by atoms with E-state index in [1.54, 1.807) is 31.0 Å². The summed E-state index contributed by atoms with van der Waals surface area (Å²) < 4.78 is 12.3. The maximum absolute atomic E-state index is 12.0. The first-order valence-corrected chi connectivity index (χ1v) is 8.32. The number of thiazole rings is 1. The fourth-order valence-corrected chi connectivity index (χ4v) is 3.19. The highest BCUT2D eigenvalue weighted by molar-refractivity contribution is 7.09. The molecule has 124 valence electrons. The monoisotopic (exact) mass is 342 g/mol. The van der Waals surface area contributed by atoms with Crippen LogP contribution in [0.1, 0.15) is 10.6 Å². The number of ether oxygens (including phenoxy) is 2. The highest BCUT2D eigenvalue weighted by Gasteiger charge is 2.12. The van der Waals surface area contributed by atoms with Crippen molar-refractivity contribution >= 4 is 11.3 Å². The molecule has 0 aliphatic heterocycles. The van der Waals surface area contributed by atoms with Crippen molar-refractivity contribution in [1.29, 1.82) is 0 Å². The molecule has 0 radical (unpaired) electrons. The van der Waals surface area contributed by atoms with Crippen LogP contribution < -0.4 is 15.0 Å². The zero-order valence-corrected chi connectivity index (χ0v) is 14.6. The predicted octanol–water partition coefficient (Wildman–Crippen LogP) is 3.35. The van der Waals surface area contributed by atoms with Crippen LogP contribution in [0.3, 0.4) is 0 Å². The Bertz CT molecular complexity index is 915. The molecule has 0 saturated carbocycles. The van der Waals surface area contributed by atoms with Gasteiger partial charge < -0.3 is 14.0 Å². The van der Waals surface area contributed by atoms with Crippen LogP contribution in [0, 0.1) is 6.92 Å². The Kier molecular flexibility index (Phi) is 4.66. The van der Waals surface area contributed by atoms with Crippen LogP contribution in [-0.2, 0) is 6.54 Å². The lowest BCUT2D eigenvalue weighted by Crippen LogP contribution is -2.19. The van der Waals surface area contributed by atoms with Crippen molar-refractivity contribution in [2.24, 2.45) is 0 Å². The van der Waals surface area contributed by atoms with Crippen LogP contribution in [0.15, 0.2) is 46.7 Å². The number of rotatable bonds is 5. The molecule has 0 fully saturated rings. The number of nitrogens with zero attached hydrogens (tertiary/aromatic N) is 2. The first-order chi connectivity index (χ1) is 11.6. The second kappa shape index (κ2) is 6.88. The fourth-order valence-electron chi connectivity index (χ4n) is 2.40. The first-order valence-electron chi connectivity index (χ1n) is 7.44. The van der Waals surface area contributed by atoms with Crippen molar-refractivity contribution in [2.75, 3.05) is 14.2 Å². The fraction of sp³-hybridized carbons (Fsp3) is 0.222. The lowest BCUT2D eigenvalue weighted by atomic mass is 10.1. The highest BCUT2D eigenvalue weighted by Crippen LogP contribution is 2.33. The number of aryl methyl sites for hydroxylation is 1. The molecule has 5 nitrogen and oxygen atoms in total. The summed E-state index contributed by atoms with van der Waals surface area (Å²) in [6.07, 6.45) is 1.80. The van der Waals surface area contributed by atoms with Gasteiger partial charge in [0.05, 0.1) is 26.5 Å². The lowest BCUT2D eigenvalue weighted by Gasteiger charge is -2.08. The molecule has 3 aromatic rings. The molecule has 0 atom stereocenters. The van der Waals surface area contributed by atoms with Crippen LogP contribution >= 0.6 is 11.3 Å². The van der Waals surface area contributed by atoms with E-state index >= 15 is 0 Å². The molecule has 0 unspecified atom stereocenters. The quantitative estimate of drug-likeness (QED) is 0.713. The van der Waals surface area contributed by atoms with Crippen LogP contribution in [0.5, 0.6) is 11.5 Å². The van der Waals surface area contributed by atoms with Gasteiger partial charge >= 0.3 is 0 Å². The second-order valence-corrected chi connectivity index (χ2v) is 6.31. The summed E-state index contributed by atoms with van der Waals surface area (Å²) in [5.41, 5.74) is 2.67. The van der Waals surface area contributed by atoms with Crippen molar-refractivity contribution < 1.29 is 9.47 Å². The molecule has 6 heteroatoms. The van der Waals surface area contributed by atoms with Gasteiger partial charge in [-0.3, -0.25) is 4.79 Å². The van der Waals surface area contributed by atoms with Gasteiger partial charge in [-0.15, -0.1) is 11.3 Å². The molecule has 0 saturated heterocycles. The Morgan fingerprint density at radius 3 is 2.71 bits per heavy atom. The van der Waals surface area contributed by atoms with Gasteiger partial charge in [-0.1, -0.05) is 0 Å². The van der Waals surface area contributed by atoms with E-state index in [9.17, 15) is 4.79 Å². The maximum Gasteiger partial charge on any atom is 0.251 e. The minimum atomic E-state index is -0.0196. The molecule has 0 aliphatic rings. The van der Waals surface area contributed by atoms with E-state index < -0.39 is 0 Å². The Balaban J connectivity index is 1.89. The van der Waals surface area contributed by atoms with Gasteiger partial charge in [0.1, 0.15) is 16.5 Å². The average molecular weight is 342 g/mol. The van der Waals surface area contributed by atoms with Gasteiger partial charge in [0, 0.05) is 29.3 Å². The SMILES string of the molecule is COc1ccc(-c2csc(Cn3ccc(C)cc3=O)n2)c(OC)c1. The third kappa shape index (κ3) is 3.33. The molecule has 2 heterocycles. The van der Waals surface area contributed by atoms with E-state index in [0.717, 1.165) is 27.6 Å². The molecular formula is C18H18N2O3S. The summed E-state index contributed by atoms with van der Waals surface area (Å²) in [7, 11) is 3.24. The van der Waals surface area contributed by atoms with Crippen LogP contribution in [0.25, 0.3) is 11.3 Å². The predicted molar refractivity (Wildman–Crippen MR) is 95.2 cm³/mol. The normalized spacial score (nSPS) is 10.6. The van der Waals surface area contributed by atoms with Gasteiger partial charge in [-0.25, -0.2) is 4.98 Å². The summed E-state index contributed by atoms with van der Waals surface area (Å²) in [5.74, 6) is 1.44. The van der Waals surface area contributed by atoms with E-state index in [-0.39, 0.29) is 5.56 Å². The zero-order chi connectivity index (χ0) is 17.1. The Labute approximate surface area is 144 Å². The van der Waals surface area contributed by atoms with E-state index in [2.05, 4.69) is 4.98 Å². The molecule has 0 aliphatic carbocycles. The van der Waals surface area contributed by atoms with Gasteiger partial charge in [-0.05, 0) is 30.7 Å². The third-order valence-electron chi connectivity index (χ3n) is 3.69. The molecule has 3 rings (SSSR count). The van der Waals surface area contributed by atoms with Crippen LogP contribution in [-0.4, -0.2) is 23.8 Å². The zero-order valence-electron chi connectivity index (χ0n) is 13.8. The van der Waals surface area contributed by atoms with E-state index in [1.807, 2.05) is 36.6 Å². The molecular weight excluding hydrogens is 324 g/mol. The molecule has 0 N–H and O–H groups in total. The summed E-state index contributed by atoms with van der Waals surface area (Å²) in [4.78, 5) is 16.6. The summed E-state index contributed by atoms with van der Waals surface area (Å²) in [5, 5.41) is 2.84. The molecule has 24 heavy (non-hydrogen) atoms. The Morgan fingerprint density at radius 2 is 2.00 bits per heavy atom. The first kappa shape index (κ1) is 16.3.